The summed E-state index contributed by atoms with van der Waals surface area (Å²) in [5.74, 6) is 0. The van der Waals surface area contributed by atoms with Crippen LogP contribution in [0.15, 0.2) is 30.3 Å². The molecule has 1 aliphatic rings. The second-order valence-corrected chi connectivity index (χ2v) is 8.71. The zero-order valence-corrected chi connectivity index (χ0v) is 14.9. The predicted molar refractivity (Wildman–Crippen MR) is 95.4 cm³/mol. The number of hydrogen-bond donors (Lipinski definition) is 1. The van der Waals surface area contributed by atoms with Gasteiger partial charge in [0.2, 0.25) is 0 Å². The molecule has 1 N–H and O–H groups in total. The largest absolute Gasteiger partial charge is 0.303 e. The monoisotopic (exact) mass is 397 g/mol. The van der Waals surface area contributed by atoms with Crippen molar-refractivity contribution in [2.24, 2.45) is 0 Å². The number of hydrogen-bond acceptors (Lipinski definition) is 2. The van der Waals surface area contributed by atoms with E-state index in [-0.39, 0.29) is 0 Å². The van der Waals surface area contributed by atoms with E-state index < -0.39 is 0 Å². The predicted octanol–water partition coefficient (Wildman–Crippen LogP) is 5.39. The fourth-order valence-corrected chi connectivity index (χ4v) is 5.15. The van der Waals surface area contributed by atoms with Crippen LogP contribution < -0.4 is 5.32 Å². The van der Waals surface area contributed by atoms with Gasteiger partial charge in [0.25, 0.3) is 0 Å². The molecule has 0 bridgehead atoms. The third-order valence-electron chi connectivity index (χ3n) is 4.08. The molecule has 0 amide bonds. The van der Waals surface area contributed by atoms with Crippen molar-refractivity contribution in [3.8, 4) is 0 Å². The highest BCUT2D eigenvalue weighted by atomic mass is 127. The summed E-state index contributed by atoms with van der Waals surface area (Å²) in [5, 5.41) is 3.84. The van der Waals surface area contributed by atoms with Gasteiger partial charge in [-0.25, -0.2) is 0 Å². The number of nitrogens with one attached hydrogen (secondary N) is 1. The van der Waals surface area contributed by atoms with Crippen LogP contribution in [-0.2, 0) is 6.42 Å². The van der Waals surface area contributed by atoms with Crippen LogP contribution in [0.1, 0.15) is 53.4 Å². The molecule has 1 aromatic heterocycles. The second kappa shape index (κ2) is 6.16. The van der Waals surface area contributed by atoms with E-state index in [1.54, 1.807) is 10.4 Å². The van der Waals surface area contributed by atoms with Gasteiger partial charge in [0.05, 0.1) is 2.88 Å². The van der Waals surface area contributed by atoms with Gasteiger partial charge in [-0.1, -0.05) is 29.8 Å². The Morgan fingerprint density at radius 3 is 3.00 bits per heavy atom. The molecular formula is C17H20INS. The Labute approximate surface area is 138 Å². The minimum Gasteiger partial charge on any atom is -0.303 e. The minimum atomic E-state index is 0.406. The first-order chi connectivity index (χ1) is 9.63. The summed E-state index contributed by atoms with van der Waals surface area (Å²) in [7, 11) is 0. The van der Waals surface area contributed by atoms with E-state index in [1.807, 2.05) is 11.3 Å². The van der Waals surface area contributed by atoms with Crippen LogP contribution in [0.2, 0.25) is 0 Å². The van der Waals surface area contributed by atoms with Crippen molar-refractivity contribution in [3.05, 3.63) is 54.8 Å². The molecule has 0 saturated heterocycles. The van der Waals surface area contributed by atoms with E-state index in [0.29, 0.717) is 12.1 Å². The highest BCUT2D eigenvalue weighted by molar-refractivity contribution is 14.1. The highest BCUT2D eigenvalue weighted by Crippen LogP contribution is 2.37. The number of fused-ring (bicyclic) bond motifs is 1. The Kier molecular flexibility index (Phi) is 4.48. The van der Waals surface area contributed by atoms with Gasteiger partial charge in [-0.05, 0) is 72.9 Å². The fraction of sp³-hybridized carbons (Fsp3) is 0.412. The highest BCUT2D eigenvalue weighted by Gasteiger charge is 2.24. The average Bonchev–Trinajstić information content (AvgIpc) is 2.80. The summed E-state index contributed by atoms with van der Waals surface area (Å²) in [6.07, 6.45) is 3.83. The summed E-state index contributed by atoms with van der Waals surface area (Å²) in [6, 6.07) is 12.1. The van der Waals surface area contributed by atoms with E-state index >= 15 is 0 Å². The normalized spacial score (nSPS) is 19.6. The van der Waals surface area contributed by atoms with Crippen molar-refractivity contribution in [2.75, 3.05) is 0 Å². The standard InChI is InChI=1S/C17H20INS/c1-11-5-3-6-13(9-11)12(2)19-15-7-4-8-16-14(15)10-17(18)20-16/h3,5-6,9-10,12,15,19H,4,7-8H2,1-2H3/t12-,15?/m0/s1. The number of rotatable bonds is 3. The van der Waals surface area contributed by atoms with Crippen molar-refractivity contribution in [2.45, 2.75) is 45.2 Å². The molecule has 0 aliphatic heterocycles. The maximum Gasteiger partial charge on any atom is 0.0659 e. The van der Waals surface area contributed by atoms with Gasteiger partial charge in [-0.2, -0.15) is 0 Å². The average molecular weight is 397 g/mol. The van der Waals surface area contributed by atoms with Crippen molar-refractivity contribution in [1.82, 2.24) is 5.32 Å². The van der Waals surface area contributed by atoms with Crippen molar-refractivity contribution < 1.29 is 0 Å². The molecule has 0 radical (unpaired) electrons. The summed E-state index contributed by atoms with van der Waals surface area (Å²) < 4.78 is 1.42. The van der Waals surface area contributed by atoms with Crippen LogP contribution in [0, 0.1) is 9.81 Å². The Balaban J connectivity index is 1.78. The quantitative estimate of drug-likeness (QED) is 0.685. The molecule has 0 saturated carbocycles. The van der Waals surface area contributed by atoms with Crippen molar-refractivity contribution >= 4 is 33.9 Å². The first-order valence-electron chi connectivity index (χ1n) is 7.24. The summed E-state index contributed by atoms with van der Waals surface area (Å²) in [5.41, 5.74) is 4.28. The van der Waals surface area contributed by atoms with Gasteiger partial charge in [-0.15, -0.1) is 11.3 Å². The third-order valence-corrected chi connectivity index (χ3v) is 6.05. The van der Waals surface area contributed by atoms with Crippen LogP contribution in [-0.4, -0.2) is 0 Å². The first-order valence-corrected chi connectivity index (χ1v) is 9.14. The smallest absolute Gasteiger partial charge is 0.0659 e. The molecule has 2 atom stereocenters. The number of benzene rings is 1. The summed E-state index contributed by atoms with van der Waals surface area (Å²) in [6.45, 7) is 4.44. The van der Waals surface area contributed by atoms with E-state index in [0.717, 1.165) is 0 Å². The van der Waals surface area contributed by atoms with Crippen molar-refractivity contribution in [1.29, 1.82) is 0 Å². The van der Waals surface area contributed by atoms with Crippen LogP contribution >= 0.6 is 33.9 Å². The molecule has 20 heavy (non-hydrogen) atoms. The van der Waals surface area contributed by atoms with Gasteiger partial charge in [0.1, 0.15) is 0 Å². The molecule has 2 aromatic rings. The number of halogens is 1. The molecule has 1 nitrogen and oxygen atoms in total. The molecular weight excluding hydrogens is 377 g/mol. The Morgan fingerprint density at radius 2 is 2.20 bits per heavy atom. The summed E-state index contributed by atoms with van der Waals surface area (Å²) in [4.78, 5) is 1.59. The lowest BCUT2D eigenvalue weighted by Gasteiger charge is -2.27. The van der Waals surface area contributed by atoms with E-state index in [1.165, 1.54) is 33.3 Å². The molecule has 1 unspecified atom stereocenters. The molecule has 1 heterocycles. The van der Waals surface area contributed by atoms with Gasteiger partial charge < -0.3 is 5.32 Å². The lowest BCUT2D eigenvalue weighted by atomic mass is 9.92. The summed E-state index contributed by atoms with van der Waals surface area (Å²) >= 11 is 4.42. The molecule has 0 spiro atoms. The molecule has 0 fully saturated rings. The maximum atomic E-state index is 3.84. The van der Waals surface area contributed by atoms with Crippen LogP contribution in [0.25, 0.3) is 0 Å². The van der Waals surface area contributed by atoms with Crippen LogP contribution in [0.3, 0.4) is 0 Å². The van der Waals surface area contributed by atoms with Crippen molar-refractivity contribution in [3.63, 3.8) is 0 Å². The van der Waals surface area contributed by atoms with Crippen LogP contribution in [0.5, 0.6) is 0 Å². The fourth-order valence-electron chi connectivity index (χ4n) is 3.03. The minimum absolute atomic E-state index is 0.406. The van der Waals surface area contributed by atoms with Crippen LogP contribution in [0.4, 0.5) is 0 Å². The zero-order valence-electron chi connectivity index (χ0n) is 11.9. The van der Waals surface area contributed by atoms with E-state index in [9.17, 15) is 0 Å². The lowest BCUT2D eigenvalue weighted by molar-refractivity contribution is 0.418. The first kappa shape index (κ1) is 14.5. The van der Waals surface area contributed by atoms with Gasteiger partial charge >= 0.3 is 0 Å². The third kappa shape index (κ3) is 3.10. The van der Waals surface area contributed by atoms with E-state index in [4.69, 9.17) is 0 Å². The number of thiophene rings is 1. The molecule has 1 aliphatic carbocycles. The molecule has 3 heteroatoms. The van der Waals surface area contributed by atoms with Gasteiger partial charge in [-0.3, -0.25) is 0 Å². The Morgan fingerprint density at radius 1 is 1.35 bits per heavy atom. The maximum absolute atomic E-state index is 3.84. The molecule has 106 valence electrons. The Hall–Kier alpha value is -0.390. The van der Waals surface area contributed by atoms with Gasteiger partial charge in [0.15, 0.2) is 0 Å². The topological polar surface area (TPSA) is 12.0 Å². The van der Waals surface area contributed by atoms with Gasteiger partial charge in [0, 0.05) is 17.0 Å². The zero-order chi connectivity index (χ0) is 14.1. The number of aryl methyl sites for hydroxylation is 2. The van der Waals surface area contributed by atoms with E-state index in [2.05, 4.69) is 72.1 Å². The lowest BCUT2D eigenvalue weighted by Crippen LogP contribution is -2.27. The Bertz CT molecular complexity index is 605. The molecule has 3 rings (SSSR count). The second-order valence-electron chi connectivity index (χ2n) is 5.68. The molecule has 1 aromatic carbocycles. The SMILES string of the molecule is Cc1cccc([C@H](C)NC2CCCc3sc(I)cc32)c1.